The highest BCUT2D eigenvalue weighted by atomic mass is 35.5. The fourth-order valence-electron chi connectivity index (χ4n) is 2.34. The molecule has 0 fully saturated rings. The molecular formula is C16H11ClFN3. The number of benzene rings is 2. The lowest BCUT2D eigenvalue weighted by atomic mass is 10.2. The maximum Gasteiger partial charge on any atom is 0.132 e. The SMILES string of the molecule is CC(Cl)c1nc2c(C#N)cccc2n1-c1ccc(F)cc1. The van der Waals surface area contributed by atoms with Gasteiger partial charge in [0.2, 0.25) is 0 Å². The molecule has 0 bridgehead atoms. The van der Waals surface area contributed by atoms with Crippen molar-refractivity contribution in [2.45, 2.75) is 12.3 Å². The van der Waals surface area contributed by atoms with Crippen LogP contribution in [-0.2, 0) is 0 Å². The summed E-state index contributed by atoms with van der Waals surface area (Å²) in [6.07, 6.45) is 0. The van der Waals surface area contributed by atoms with E-state index in [1.165, 1.54) is 12.1 Å². The minimum atomic E-state index is -0.339. The van der Waals surface area contributed by atoms with E-state index in [1.807, 2.05) is 17.6 Å². The lowest BCUT2D eigenvalue weighted by Crippen LogP contribution is -2.01. The summed E-state index contributed by atoms with van der Waals surface area (Å²) in [6.45, 7) is 1.81. The van der Waals surface area contributed by atoms with E-state index >= 15 is 0 Å². The lowest BCUT2D eigenvalue weighted by molar-refractivity contribution is 0.627. The van der Waals surface area contributed by atoms with E-state index in [2.05, 4.69) is 11.1 Å². The number of alkyl halides is 1. The van der Waals surface area contributed by atoms with Gasteiger partial charge in [-0.05, 0) is 43.3 Å². The van der Waals surface area contributed by atoms with Crippen LogP contribution in [-0.4, -0.2) is 9.55 Å². The van der Waals surface area contributed by atoms with Gasteiger partial charge in [-0.25, -0.2) is 9.37 Å². The Hall–Kier alpha value is -2.38. The zero-order chi connectivity index (χ0) is 15.0. The summed E-state index contributed by atoms with van der Waals surface area (Å²) in [5, 5.41) is 8.86. The van der Waals surface area contributed by atoms with Crippen molar-refractivity contribution in [3.63, 3.8) is 0 Å². The van der Waals surface area contributed by atoms with Gasteiger partial charge >= 0.3 is 0 Å². The van der Waals surface area contributed by atoms with E-state index in [1.54, 1.807) is 24.3 Å². The normalized spacial score (nSPS) is 12.3. The largest absolute Gasteiger partial charge is 0.295 e. The average molecular weight is 300 g/mol. The molecular weight excluding hydrogens is 289 g/mol. The first kappa shape index (κ1) is 13.6. The summed E-state index contributed by atoms with van der Waals surface area (Å²) in [4.78, 5) is 4.50. The van der Waals surface area contributed by atoms with Crippen LogP contribution in [0.15, 0.2) is 42.5 Å². The van der Waals surface area contributed by atoms with Gasteiger partial charge in [0, 0.05) is 5.69 Å². The molecule has 3 rings (SSSR count). The molecule has 1 unspecified atom stereocenters. The quantitative estimate of drug-likeness (QED) is 0.661. The number of hydrogen-bond donors (Lipinski definition) is 0. The molecule has 3 aromatic rings. The van der Waals surface area contributed by atoms with Crippen molar-refractivity contribution in [2.24, 2.45) is 0 Å². The van der Waals surface area contributed by atoms with E-state index in [0.717, 1.165) is 11.2 Å². The van der Waals surface area contributed by atoms with Crippen molar-refractivity contribution in [2.75, 3.05) is 0 Å². The van der Waals surface area contributed by atoms with Gasteiger partial charge in [0.15, 0.2) is 0 Å². The number of imidazole rings is 1. The van der Waals surface area contributed by atoms with E-state index in [4.69, 9.17) is 11.6 Å². The van der Waals surface area contributed by atoms with Crippen molar-refractivity contribution in [1.29, 1.82) is 5.26 Å². The molecule has 0 saturated carbocycles. The first-order valence-electron chi connectivity index (χ1n) is 6.43. The molecule has 21 heavy (non-hydrogen) atoms. The molecule has 2 aromatic carbocycles. The topological polar surface area (TPSA) is 41.6 Å². The van der Waals surface area contributed by atoms with Crippen LogP contribution >= 0.6 is 11.6 Å². The molecule has 1 atom stereocenters. The molecule has 0 N–H and O–H groups in total. The molecule has 0 aliphatic heterocycles. The standard InChI is InChI=1S/C16H11ClFN3/c1-10(17)16-20-15-11(9-19)3-2-4-14(15)21(16)13-7-5-12(18)6-8-13/h2-8,10H,1H3. The number of fused-ring (bicyclic) bond motifs is 1. The van der Waals surface area contributed by atoms with Crippen LogP contribution in [0.5, 0.6) is 0 Å². The second-order valence-corrected chi connectivity index (χ2v) is 5.34. The Labute approximate surface area is 126 Å². The number of nitrogens with zero attached hydrogens (tertiary/aromatic N) is 3. The molecule has 0 radical (unpaired) electrons. The second-order valence-electron chi connectivity index (χ2n) is 4.68. The van der Waals surface area contributed by atoms with Gasteiger partial charge < -0.3 is 0 Å². The molecule has 0 amide bonds. The summed E-state index contributed by atoms with van der Waals surface area (Å²) in [6, 6.07) is 13.6. The smallest absolute Gasteiger partial charge is 0.132 e. The summed E-state index contributed by atoms with van der Waals surface area (Å²) < 4.78 is 15.0. The Kier molecular flexibility index (Phi) is 3.36. The molecule has 1 aromatic heterocycles. The fourth-order valence-corrected chi connectivity index (χ4v) is 2.48. The van der Waals surface area contributed by atoms with Gasteiger partial charge in [0.25, 0.3) is 0 Å². The van der Waals surface area contributed by atoms with E-state index < -0.39 is 0 Å². The predicted molar refractivity (Wildman–Crippen MR) is 80.0 cm³/mol. The summed E-state index contributed by atoms with van der Waals surface area (Å²) in [7, 11) is 0. The first-order valence-corrected chi connectivity index (χ1v) is 6.87. The van der Waals surface area contributed by atoms with Crippen LogP contribution in [0.4, 0.5) is 4.39 Å². The van der Waals surface area contributed by atoms with Crippen LogP contribution in [0.25, 0.3) is 16.7 Å². The molecule has 1 heterocycles. The van der Waals surface area contributed by atoms with Crippen molar-refractivity contribution >= 4 is 22.6 Å². The van der Waals surface area contributed by atoms with Gasteiger partial charge in [-0.1, -0.05) is 6.07 Å². The third-order valence-corrected chi connectivity index (χ3v) is 3.47. The molecule has 104 valence electrons. The Bertz CT molecular complexity index is 844. The van der Waals surface area contributed by atoms with Gasteiger partial charge in [-0.3, -0.25) is 4.57 Å². The number of halogens is 2. The average Bonchev–Trinajstić information content (AvgIpc) is 2.87. The van der Waals surface area contributed by atoms with Crippen LogP contribution < -0.4 is 0 Å². The highest BCUT2D eigenvalue weighted by Crippen LogP contribution is 2.29. The Morgan fingerprint density at radius 3 is 2.57 bits per heavy atom. The summed E-state index contributed by atoms with van der Waals surface area (Å²) in [5.41, 5.74) is 2.64. The third kappa shape index (κ3) is 2.26. The Morgan fingerprint density at radius 2 is 1.95 bits per heavy atom. The van der Waals surface area contributed by atoms with Gasteiger partial charge in [-0.15, -0.1) is 11.6 Å². The second kappa shape index (κ2) is 5.19. The zero-order valence-electron chi connectivity index (χ0n) is 11.2. The number of para-hydroxylation sites is 1. The molecule has 3 nitrogen and oxygen atoms in total. The number of aromatic nitrogens is 2. The van der Waals surface area contributed by atoms with Crippen molar-refractivity contribution in [3.8, 4) is 11.8 Å². The zero-order valence-corrected chi connectivity index (χ0v) is 12.0. The Morgan fingerprint density at radius 1 is 1.24 bits per heavy atom. The monoisotopic (exact) mass is 299 g/mol. The lowest BCUT2D eigenvalue weighted by Gasteiger charge is -2.10. The summed E-state index contributed by atoms with van der Waals surface area (Å²) >= 11 is 6.22. The van der Waals surface area contributed by atoms with E-state index in [-0.39, 0.29) is 11.2 Å². The molecule has 0 spiro atoms. The molecule has 0 saturated heterocycles. The van der Waals surface area contributed by atoms with Crippen LogP contribution in [0.1, 0.15) is 23.7 Å². The minimum Gasteiger partial charge on any atom is -0.295 e. The third-order valence-electron chi connectivity index (χ3n) is 3.27. The molecule has 0 aliphatic rings. The minimum absolute atomic E-state index is 0.304. The van der Waals surface area contributed by atoms with Gasteiger partial charge in [0.05, 0.1) is 16.5 Å². The highest BCUT2D eigenvalue weighted by Gasteiger charge is 2.18. The fraction of sp³-hybridized carbons (Fsp3) is 0.125. The maximum atomic E-state index is 13.1. The first-order chi connectivity index (χ1) is 10.1. The van der Waals surface area contributed by atoms with Crippen LogP contribution in [0.2, 0.25) is 0 Å². The molecule has 5 heteroatoms. The van der Waals surface area contributed by atoms with Crippen molar-refractivity contribution in [1.82, 2.24) is 9.55 Å². The number of nitriles is 1. The maximum absolute atomic E-state index is 13.1. The predicted octanol–water partition coefficient (Wildman–Crippen LogP) is 4.34. The highest BCUT2D eigenvalue weighted by molar-refractivity contribution is 6.20. The van der Waals surface area contributed by atoms with Gasteiger partial charge in [0.1, 0.15) is 23.2 Å². The van der Waals surface area contributed by atoms with Crippen LogP contribution in [0.3, 0.4) is 0 Å². The van der Waals surface area contributed by atoms with Gasteiger partial charge in [-0.2, -0.15) is 5.26 Å². The van der Waals surface area contributed by atoms with Crippen molar-refractivity contribution < 1.29 is 4.39 Å². The van der Waals surface area contributed by atoms with Crippen LogP contribution in [0, 0.1) is 17.1 Å². The number of hydrogen-bond acceptors (Lipinski definition) is 2. The Balaban J connectivity index is 2.37. The number of rotatable bonds is 2. The molecule has 0 aliphatic carbocycles. The summed E-state index contributed by atoms with van der Waals surface area (Å²) in [5.74, 6) is 0.322. The van der Waals surface area contributed by atoms with Crippen molar-refractivity contribution in [3.05, 3.63) is 59.7 Å². The van der Waals surface area contributed by atoms with E-state index in [0.29, 0.717) is 16.9 Å². The van der Waals surface area contributed by atoms with E-state index in [9.17, 15) is 9.65 Å².